The molecule has 5 nitrogen and oxygen atoms in total. The topological polar surface area (TPSA) is 36.3 Å². The van der Waals surface area contributed by atoms with Crippen LogP contribution in [0.2, 0.25) is 0 Å². The van der Waals surface area contributed by atoms with Gasteiger partial charge in [0, 0.05) is 30.7 Å². The monoisotopic (exact) mass is 411 g/mol. The van der Waals surface area contributed by atoms with Crippen molar-refractivity contribution in [2.75, 3.05) is 27.2 Å². The van der Waals surface area contributed by atoms with Crippen LogP contribution in [0.5, 0.6) is 0 Å². The molecular weight excluding hydrogens is 378 g/mol. The fourth-order valence-electron chi connectivity index (χ4n) is 4.87. The van der Waals surface area contributed by atoms with Gasteiger partial charge >= 0.3 is 0 Å². The van der Waals surface area contributed by atoms with Crippen LogP contribution in [0.15, 0.2) is 42.7 Å². The zero-order chi connectivity index (χ0) is 20.2. The summed E-state index contributed by atoms with van der Waals surface area (Å²) in [5.74, 6) is 0. The Morgan fingerprint density at radius 3 is 2.69 bits per heavy atom. The standard InChI is InChI=1S/C23H33N5S/c1-26(2)15-9-17-28-22(21(25-23(28)29)19-12-6-7-14-24-19)20-13-8-16-27(20)18-10-4-3-5-11-18/h6-8,12-14,16,18,21-22H,3-5,9-11,15,17H2,1-2H3,(H,25,29)/t21-,22+/m1/s1. The van der Waals surface area contributed by atoms with Crippen molar-refractivity contribution in [3.8, 4) is 0 Å². The Kier molecular flexibility index (Phi) is 6.50. The van der Waals surface area contributed by atoms with Crippen LogP contribution in [0.3, 0.4) is 0 Å². The zero-order valence-corrected chi connectivity index (χ0v) is 18.4. The van der Waals surface area contributed by atoms with E-state index in [1.54, 1.807) is 0 Å². The summed E-state index contributed by atoms with van der Waals surface area (Å²) in [6.45, 7) is 2.01. The highest BCUT2D eigenvalue weighted by atomic mass is 32.1. The number of aromatic nitrogens is 2. The number of nitrogens with zero attached hydrogens (tertiary/aromatic N) is 4. The molecule has 3 heterocycles. The normalized spacial score (nSPS) is 23.0. The molecule has 2 aromatic heterocycles. The highest BCUT2D eigenvalue weighted by Crippen LogP contribution is 2.41. The maximum atomic E-state index is 5.81. The summed E-state index contributed by atoms with van der Waals surface area (Å²) in [5, 5.41) is 4.44. The first-order valence-corrected chi connectivity index (χ1v) is 11.4. The van der Waals surface area contributed by atoms with Gasteiger partial charge in [-0.3, -0.25) is 4.98 Å². The molecule has 2 aliphatic rings. The van der Waals surface area contributed by atoms with E-state index in [0.717, 1.165) is 30.3 Å². The highest BCUT2D eigenvalue weighted by Gasteiger charge is 2.41. The Bertz CT molecular complexity index is 797. The van der Waals surface area contributed by atoms with E-state index in [4.69, 9.17) is 12.2 Å². The number of pyridine rings is 1. The summed E-state index contributed by atoms with van der Waals surface area (Å²) in [5.41, 5.74) is 2.43. The molecule has 156 valence electrons. The van der Waals surface area contributed by atoms with Crippen molar-refractivity contribution in [3.05, 3.63) is 54.1 Å². The highest BCUT2D eigenvalue weighted by molar-refractivity contribution is 7.80. The summed E-state index contributed by atoms with van der Waals surface area (Å²) in [7, 11) is 4.26. The van der Waals surface area contributed by atoms with Crippen LogP contribution in [0, 0.1) is 0 Å². The number of nitrogens with one attached hydrogen (secondary N) is 1. The third-order valence-corrected chi connectivity index (χ3v) is 6.64. The molecule has 0 bridgehead atoms. The van der Waals surface area contributed by atoms with E-state index < -0.39 is 0 Å². The van der Waals surface area contributed by atoms with Crippen LogP contribution < -0.4 is 5.32 Å². The third-order valence-electron chi connectivity index (χ3n) is 6.29. The number of rotatable bonds is 7. The number of hydrogen-bond acceptors (Lipinski definition) is 3. The molecule has 4 rings (SSSR count). The summed E-state index contributed by atoms with van der Waals surface area (Å²) in [6, 6.07) is 11.5. The largest absolute Gasteiger partial charge is 0.352 e. The van der Waals surface area contributed by atoms with Crippen LogP contribution in [0.1, 0.15) is 68.0 Å². The molecule has 0 aromatic carbocycles. The van der Waals surface area contributed by atoms with Gasteiger partial charge in [0.15, 0.2) is 5.11 Å². The maximum absolute atomic E-state index is 5.81. The average molecular weight is 412 g/mol. The molecule has 1 aliphatic carbocycles. The van der Waals surface area contributed by atoms with Gasteiger partial charge in [-0.2, -0.15) is 0 Å². The lowest BCUT2D eigenvalue weighted by Crippen LogP contribution is -2.33. The molecular formula is C23H33N5S. The van der Waals surface area contributed by atoms with E-state index in [1.165, 1.54) is 37.8 Å². The molecule has 2 aromatic rings. The van der Waals surface area contributed by atoms with Gasteiger partial charge in [0.2, 0.25) is 0 Å². The Morgan fingerprint density at radius 1 is 1.14 bits per heavy atom. The van der Waals surface area contributed by atoms with Crippen molar-refractivity contribution in [1.29, 1.82) is 0 Å². The van der Waals surface area contributed by atoms with E-state index in [1.807, 2.05) is 12.3 Å². The molecule has 0 radical (unpaired) electrons. The minimum Gasteiger partial charge on any atom is -0.352 e. The average Bonchev–Trinajstić information content (AvgIpc) is 3.34. The summed E-state index contributed by atoms with van der Waals surface area (Å²) in [6.07, 6.45) is 11.8. The zero-order valence-electron chi connectivity index (χ0n) is 17.6. The lowest BCUT2D eigenvalue weighted by molar-refractivity contribution is 0.267. The minimum atomic E-state index is 0.0836. The molecule has 1 saturated heterocycles. The van der Waals surface area contributed by atoms with Crippen molar-refractivity contribution < 1.29 is 0 Å². The SMILES string of the molecule is CN(C)CCCN1C(=S)N[C@H](c2ccccn2)[C@@H]1c1cccn1C1CCCCC1. The predicted octanol–water partition coefficient (Wildman–Crippen LogP) is 4.31. The summed E-state index contributed by atoms with van der Waals surface area (Å²) >= 11 is 5.81. The van der Waals surface area contributed by atoms with Crippen molar-refractivity contribution in [1.82, 2.24) is 24.7 Å². The van der Waals surface area contributed by atoms with Crippen molar-refractivity contribution in [3.63, 3.8) is 0 Å². The van der Waals surface area contributed by atoms with Crippen LogP contribution in [-0.4, -0.2) is 51.6 Å². The summed E-state index contributed by atoms with van der Waals surface area (Å²) in [4.78, 5) is 9.31. The van der Waals surface area contributed by atoms with Crippen molar-refractivity contribution in [2.24, 2.45) is 0 Å². The molecule has 6 heteroatoms. The Morgan fingerprint density at radius 2 is 1.97 bits per heavy atom. The first-order valence-electron chi connectivity index (χ1n) is 10.9. The first-order chi connectivity index (χ1) is 14.1. The van der Waals surface area contributed by atoms with Gasteiger partial charge in [0.1, 0.15) is 0 Å². The fourth-order valence-corrected chi connectivity index (χ4v) is 5.21. The Hall–Kier alpha value is -1.92. The third kappa shape index (κ3) is 4.48. The van der Waals surface area contributed by atoms with Crippen LogP contribution in [-0.2, 0) is 0 Å². The molecule has 1 N–H and O–H groups in total. The van der Waals surface area contributed by atoms with Gasteiger partial charge in [-0.25, -0.2) is 0 Å². The van der Waals surface area contributed by atoms with Gasteiger partial charge in [-0.1, -0.05) is 25.3 Å². The number of hydrogen-bond donors (Lipinski definition) is 1. The van der Waals surface area contributed by atoms with Gasteiger partial charge < -0.3 is 19.7 Å². The lowest BCUT2D eigenvalue weighted by atomic mass is 9.94. The van der Waals surface area contributed by atoms with E-state index >= 15 is 0 Å². The van der Waals surface area contributed by atoms with Crippen molar-refractivity contribution in [2.45, 2.75) is 56.7 Å². The minimum absolute atomic E-state index is 0.0836. The smallest absolute Gasteiger partial charge is 0.170 e. The molecule has 1 saturated carbocycles. The number of thiocarbonyl (C=S) groups is 1. The molecule has 0 spiro atoms. The predicted molar refractivity (Wildman–Crippen MR) is 122 cm³/mol. The van der Waals surface area contributed by atoms with E-state index in [0.29, 0.717) is 6.04 Å². The van der Waals surface area contributed by atoms with Crippen LogP contribution in [0.25, 0.3) is 0 Å². The maximum Gasteiger partial charge on any atom is 0.170 e. The van der Waals surface area contributed by atoms with Crippen molar-refractivity contribution >= 4 is 17.3 Å². The molecule has 2 fully saturated rings. The lowest BCUT2D eigenvalue weighted by Gasteiger charge is -2.32. The molecule has 2 atom stereocenters. The molecule has 0 amide bonds. The first kappa shape index (κ1) is 20.4. The quantitative estimate of drug-likeness (QED) is 0.687. The van der Waals surface area contributed by atoms with E-state index in [9.17, 15) is 0 Å². The summed E-state index contributed by atoms with van der Waals surface area (Å²) < 4.78 is 2.54. The molecule has 0 unspecified atom stereocenters. The second-order valence-electron chi connectivity index (χ2n) is 8.61. The van der Waals surface area contributed by atoms with Gasteiger partial charge in [0.25, 0.3) is 0 Å². The fraction of sp³-hybridized carbons (Fsp3) is 0.565. The molecule has 29 heavy (non-hydrogen) atoms. The molecule has 1 aliphatic heterocycles. The van der Waals surface area contributed by atoms with Gasteiger partial charge in [-0.15, -0.1) is 0 Å². The van der Waals surface area contributed by atoms with Crippen LogP contribution >= 0.6 is 12.2 Å². The Balaban J connectivity index is 1.66. The van der Waals surface area contributed by atoms with E-state index in [2.05, 4.69) is 69.2 Å². The van der Waals surface area contributed by atoms with Gasteiger partial charge in [0.05, 0.1) is 17.8 Å². The second kappa shape index (κ2) is 9.26. The van der Waals surface area contributed by atoms with E-state index in [-0.39, 0.29) is 12.1 Å². The van der Waals surface area contributed by atoms with Crippen LogP contribution in [0.4, 0.5) is 0 Å². The second-order valence-corrected chi connectivity index (χ2v) is 9.00. The Labute approximate surface area is 180 Å². The van der Waals surface area contributed by atoms with Gasteiger partial charge in [-0.05, 0) is 76.4 Å².